The summed E-state index contributed by atoms with van der Waals surface area (Å²) in [4.78, 5) is 4.78. The van der Waals surface area contributed by atoms with Crippen LogP contribution in [-0.2, 0) is 17.7 Å². The van der Waals surface area contributed by atoms with Gasteiger partial charge in [-0.1, -0.05) is 13.3 Å². The summed E-state index contributed by atoms with van der Waals surface area (Å²) < 4.78 is 18.5. The van der Waals surface area contributed by atoms with E-state index in [2.05, 4.69) is 11.5 Å². The minimum atomic E-state index is 0.540. The average Bonchev–Trinajstić information content (AvgIpc) is 2.92. The van der Waals surface area contributed by atoms with Gasteiger partial charge in [-0.05, 0) is 6.42 Å². The third-order valence-electron chi connectivity index (χ3n) is 3.81. The maximum atomic E-state index is 5.54. The molecule has 1 heterocycles. The van der Waals surface area contributed by atoms with Gasteiger partial charge in [-0.2, -0.15) is 0 Å². The summed E-state index contributed by atoms with van der Waals surface area (Å²) in [5.74, 6) is 2.49. The van der Waals surface area contributed by atoms with E-state index >= 15 is 0 Å². The Morgan fingerprint density at radius 3 is 2.52 bits per heavy atom. The van der Waals surface area contributed by atoms with Crippen LogP contribution in [-0.4, -0.2) is 43.5 Å². The standard InChI is InChI=1S/C17H27N3O3/c1-4-5-6-17-19-13-11-15(21-2)16(22-3)12-14(13)20(17)8-10-23-9-7-18/h11-12H,4-10,18H2,1-3H3. The first kappa shape index (κ1) is 17.6. The molecule has 0 aliphatic heterocycles. The molecular formula is C17H27N3O3. The Kier molecular flexibility index (Phi) is 6.67. The second kappa shape index (κ2) is 8.74. The molecule has 6 nitrogen and oxygen atoms in total. The summed E-state index contributed by atoms with van der Waals surface area (Å²) in [5, 5.41) is 0. The van der Waals surface area contributed by atoms with Gasteiger partial charge >= 0.3 is 0 Å². The lowest BCUT2D eigenvalue weighted by atomic mass is 10.2. The minimum Gasteiger partial charge on any atom is -0.493 e. The molecule has 0 unspecified atom stereocenters. The Bertz CT molecular complexity index is 625. The molecule has 0 radical (unpaired) electrons. The SMILES string of the molecule is CCCCc1nc2cc(OC)c(OC)cc2n1CCOCCN. The van der Waals surface area contributed by atoms with Gasteiger partial charge < -0.3 is 24.5 Å². The van der Waals surface area contributed by atoms with Gasteiger partial charge in [0.05, 0.1) is 38.5 Å². The Morgan fingerprint density at radius 2 is 1.87 bits per heavy atom. The van der Waals surface area contributed by atoms with Gasteiger partial charge in [0.1, 0.15) is 5.82 Å². The zero-order valence-electron chi connectivity index (χ0n) is 14.3. The number of aromatic nitrogens is 2. The highest BCUT2D eigenvalue weighted by Gasteiger charge is 2.14. The van der Waals surface area contributed by atoms with Crippen molar-refractivity contribution in [3.8, 4) is 11.5 Å². The first-order chi connectivity index (χ1) is 11.2. The summed E-state index contributed by atoms with van der Waals surface area (Å²) >= 11 is 0. The van der Waals surface area contributed by atoms with Crippen LogP contribution in [0.1, 0.15) is 25.6 Å². The second-order valence-corrected chi connectivity index (χ2v) is 5.38. The fourth-order valence-electron chi connectivity index (χ4n) is 2.62. The summed E-state index contributed by atoms with van der Waals surface area (Å²) in [7, 11) is 3.28. The van der Waals surface area contributed by atoms with Crippen molar-refractivity contribution in [3.63, 3.8) is 0 Å². The number of benzene rings is 1. The quantitative estimate of drug-likeness (QED) is 0.680. The molecule has 0 atom stereocenters. The maximum Gasteiger partial charge on any atom is 0.163 e. The van der Waals surface area contributed by atoms with Crippen LogP contribution in [0.5, 0.6) is 11.5 Å². The van der Waals surface area contributed by atoms with Crippen molar-refractivity contribution in [2.45, 2.75) is 32.7 Å². The number of rotatable bonds is 10. The summed E-state index contributed by atoms with van der Waals surface area (Å²) in [5.41, 5.74) is 7.44. The number of nitrogens with two attached hydrogens (primary N) is 1. The summed E-state index contributed by atoms with van der Waals surface area (Å²) in [6.45, 7) is 4.68. The lowest BCUT2D eigenvalue weighted by Crippen LogP contribution is -2.14. The fourth-order valence-corrected chi connectivity index (χ4v) is 2.62. The minimum absolute atomic E-state index is 0.540. The van der Waals surface area contributed by atoms with Gasteiger partial charge in [0.15, 0.2) is 11.5 Å². The van der Waals surface area contributed by atoms with Crippen molar-refractivity contribution in [2.75, 3.05) is 34.0 Å². The molecule has 2 rings (SSSR count). The van der Waals surface area contributed by atoms with E-state index in [9.17, 15) is 0 Å². The van der Waals surface area contributed by atoms with E-state index in [-0.39, 0.29) is 0 Å². The third-order valence-corrected chi connectivity index (χ3v) is 3.81. The molecular weight excluding hydrogens is 294 g/mol. The number of imidazole rings is 1. The second-order valence-electron chi connectivity index (χ2n) is 5.38. The molecule has 0 saturated carbocycles. The molecule has 0 aliphatic rings. The van der Waals surface area contributed by atoms with Crippen molar-refractivity contribution in [2.24, 2.45) is 5.73 Å². The van der Waals surface area contributed by atoms with E-state index in [1.807, 2.05) is 12.1 Å². The van der Waals surface area contributed by atoms with Crippen molar-refractivity contribution in [1.82, 2.24) is 9.55 Å². The van der Waals surface area contributed by atoms with Gasteiger partial charge in [0, 0.05) is 31.6 Å². The van der Waals surface area contributed by atoms with E-state index in [0.29, 0.717) is 31.3 Å². The Labute approximate surface area is 137 Å². The average molecular weight is 321 g/mol. The lowest BCUT2D eigenvalue weighted by molar-refractivity contribution is 0.133. The highest BCUT2D eigenvalue weighted by Crippen LogP contribution is 2.32. The molecule has 6 heteroatoms. The van der Waals surface area contributed by atoms with Crippen LogP contribution in [0, 0.1) is 0 Å². The smallest absolute Gasteiger partial charge is 0.163 e. The van der Waals surface area contributed by atoms with Crippen LogP contribution < -0.4 is 15.2 Å². The van der Waals surface area contributed by atoms with Crippen LogP contribution in [0.25, 0.3) is 11.0 Å². The number of aryl methyl sites for hydroxylation is 1. The summed E-state index contributed by atoms with van der Waals surface area (Å²) in [6.07, 6.45) is 3.20. The molecule has 128 valence electrons. The first-order valence-electron chi connectivity index (χ1n) is 8.14. The summed E-state index contributed by atoms with van der Waals surface area (Å²) in [6, 6.07) is 3.92. The molecule has 2 aromatic rings. The molecule has 23 heavy (non-hydrogen) atoms. The Morgan fingerprint density at radius 1 is 1.13 bits per heavy atom. The van der Waals surface area contributed by atoms with Crippen molar-refractivity contribution in [3.05, 3.63) is 18.0 Å². The Hall–Kier alpha value is -1.79. The number of fused-ring (bicyclic) bond motifs is 1. The van der Waals surface area contributed by atoms with Gasteiger partial charge in [-0.3, -0.25) is 0 Å². The van der Waals surface area contributed by atoms with E-state index in [0.717, 1.165) is 42.7 Å². The number of hydrogen-bond donors (Lipinski definition) is 1. The predicted molar refractivity (Wildman–Crippen MR) is 91.3 cm³/mol. The van der Waals surface area contributed by atoms with Crippen LogP contribution in [0.15, 0.2) is 12.1 Å². The van der Waals surface area contributed by atoms with Gasteiger partial charge in [0.25, 0.3) is 0 Å². The number of hydrogen-bond acceptors (Lipinski definition) is 5. The van der Waals surface area contributed by atoms with E-state index < -0.39 is 0 Å². The van der Waals surface area contributed by atoms with Crippen LogP contribution in [0.4, 0.5) is 0 Å². The molecule has 2 N–H and O–H groups in total. The third kappa shape index (κ3) is 4.14. The molecule has 0 spiro atoms. The molecule has 0 saturated heterocycles. The first-order valence-corrected chi connectivity index (χ1v) is 8.14. The number of nitrogens with zero attached hydrogens (tertiary/aromatic N) is 2. The van der Waals surface area contributed by atoms with Gasteiger partial charge in [0.2, 0.25) is 0 Å². The largest absolute Gasteiger partial charge is 0.493 e. The number of unbranched alkanes of at least 4 members (excludes halogenated alkanes) is 1. The monoisotopic (exact) mass is 321 g/mol. The topological polar surface area (TPSA) is 71.5 Å². The highest BCUT2D eigenvalue weighted by atomic mass is 16.5. The molecule has 0 bridgehead atoms. The zero-order valence-corrected chi connectivity index (χ0v) is 14.3. The van der Waals surface area contributed by atoms with Crippen molar-refractivity contribution in [1.29, 1.82) is 0 Å². The van der Waals surface area contributed by atoms with E-state index in [1.54, 1.807) is 14.2 Å². The van der Waals surface area contributed by atoms with E-state index in [4.69, 9.17) is 24.9 Å². The van der Waals surface area contributed by atoms with E-state index in [1.165, 1.54) is 0 Å². The van der Waals surface area contributed by atoms with Gasteiger partial charge in [-0.15, -0.1) is 0 Å². The fraction of sp³-hybridized carbons (Fsp3) is 0.588. The normalized spacial score (nSPS) is 11.1. The molecule has 0 fully saturated rings. The van der Waals surface area contributed by atoms with Gasteiger partial charge in [-0.25, -0.2) is 4.98 Å². The number of methoxy groups -OCH3 is 2. The number of ether oxygens (including phenoxy) is 3. The van der Waals surface area contributed by atoms with Crippen LogP contribution >= 0.6 is 0 Å². The zero-order chi connectivity index (χ0) is 16.7. The van der Waals surface area contributed by atoms with Crippen LogP contribution in [0.2, 0.25) is 0 Å². The highest BCUT2D eigenvalue weighted by molar-refractivity contribution is 5.80. The lowest BCUT2D eigenvalue weighted by Gasteiger charge is -2.11. The molecule has 0 amide bonds. The van der Waals surface area contributed by atoms with Crippen LogP contribution in [0.3, 0.4) is 0 Å². The van der Waals surface area contributed by atoms with Crippen molar-refractivity contribution >= 4 is 11.0 Å². The molecule has 1 aromatic heterocycles. The predicted octanol–water partition coefficient (Wildman–Crippen LogP) is 2.37. The van der Waals surface area contributed by atoms with Crippen molar-refractivity contribution < 1.29 is 14.2 Å². The maximum absolute atomic E-state index is 5.54. The Balaban J connectivity index is 2.36. The molecule has 0 aliphatic carbocycles. The molecule has 1 aromatic carbocycles.